The number of fused-ring (bicyclic) bond motifs is 1. The van der Waals surface area contributed by atoms with E-state index in [9.17, 15) is 4.79 Å². The Morgan fingerprint density at radius 2 is 1.85 bits per heavy atom. The molecule has 0 spiro atoms. The van der Waals surface area contributed by atoms with Crippen molar-refractivity contribution in [1.82, 2.24) is 4.90 Å². The molecule has 142 valence electrons. The topological polar surface area (TPSA) is 54.0 Å². The van der Waals surface area contributed by atoms with Crippen molar-refractivity contribution in [3.05, 3.63) is 47.5 Å². The number of nitrogens with one attached hydrogen (secondary N) is 1. The van der Waals surface area contributed by atoms with Crippen LogP contribution in [0.4, 0.5) is 16.2 Å². The van der Waals surface area contributed by atoms with E-state index in [1.807, 2.05) is 42.2 Å². The molecule has 4 rings (SSSR count). The highest BCUT2D eigenvalue weighted by Crippen LogP contribution is 2.35. The zero-order chi connectivity index (χ0) is 18.8. The van der Waals surface area contributed by atoms with E-state index in [1.165, 1.54) is 5.56 Å². The number of ether oxygens (including phenoxy) is 2. The number of rotatable bonds is 3. The van der Waals surface area contributed by atoms with Gasteiger partial charge in [-0.3, -0.25) is 0 Å². The number of nitrogens with zero attached hydrogens (tertiary/aromatic N) is 2. The predicted molar refractivity (Wildman–Crippen MR) is 106 cm³/mol. The Morgan fingerprint density at radius 3 is 2.63 bits per heavy atom. The Hall–Kier alpha value is -2.89. The first-order chi connectivity index (χ1) is 13.2. The lowest BCUT2D eigenvalue weighted by Gasteiger charge is -2.36. The summed E-state index contributed by atoms with van der Waals surface area (Å²) < 4.78 is 10.8. The number of benzene rings is 2. The van der Waals surface area contributed by atoms with Crippen molar-refractivity contribution in [3.8, 4) is 11.5 Å². The molecule has 1 fully saturated rings. The van der Waals surface area contributed by atoms with Gasteiger partial charge in [0.25, 0.3) is 0 Å². The summed E-state index contributed by atoms with van der Waals surface area (Å²) in [6, 6.07) is 12.1. The van der Waals surface area contributed by atoms with Crippen LogP contribution in [0.2, 0.25) is 0 Å². The number of aryl methyl sites for hydroxylation is 2. The number of hydrogen-bond donors (Lipinski definition) is 1. The van der Waals surface area contributed by atoms with Crippen molar-refractivity contribution in [1.29, 1.82) is 0 Å². The first kappa shape index (κ1) is 17.5. The van der Waals surface area contributed by atoms with Gasteiger partial charge in [0.1, 0.15) is 0 Å². The van der Waals surface area contributed by atoms with Crippen molar-refractivity contribution in [2.24, 2.45) is 0 Å². The molecule has 2 heterocycles. The Labute approximate surface area is 159 Å². The molecule has 0 unspecified atom stereocenters. The second kappa shape index (κ2) is 7.39. The zero-order valence-electron chi connectivity index (χ0n) is 15.8. The van der Waals surface area contributed by atoms with Gasteiger partial charge in [0.05, 0.1) is 0 Å². The van der Waals surface area contributed by atoms with Crippen LogP contribution < -0.4 is 19.7 Å². The number of carbonyl (C=O) groups is 1. The van der Waals surface area contributed by atoms with Gasteiger partial charge in [-0.25, -0.2) is 4.79 Å². The SMILES string of the molecule is CCc1cccc(C)c1NC(=O)N1CCN(c2ccc3c(c2)OCO3)CC1. The quantitative estimate of drug-likeness (QED) is 0.900. The third kappa shape index (κ3) is 3.52. The summed E-state index contributed by atoms with van der Waals surface area (Å²) in [4.78, 5) is 16.9. The molecule has 2 aromatic carbocycles. The van der Waals surface area contributed by atoms with Gasteiger partial charge >= 0.3 is 6.03 Å². The van der Waals surface area contributed by atoms with Crippen molar-refractivity contribution >= 4 is 17.4 Å². The van der Waals surface area contributed by atoms with Gasteiger partial charge in [-0.1, -0.05) is 25.1 Å². The Balaban J connectivity index is 1.38. The maximum absolute atomic E-state index is 12.7. The smallest absolute Gasteiger partial charge is 0.321 e. The summed E-state index contributed by atoms with van der Waals surface area (Å²) in [6.45, 7) is 7.39. The van der Waals surface area contributed by atoms with Crippen molar-refractivity contribution in [2.45, 2.75) is 20.3 Å². The lowest BCUT2D eigenvalue weighted by Crippen LogP contribution is -2.50. The third-order valence-electron chi connectivity index (χ3n) is 5.26. The molecule has 2 aliphatic heterocycles. The van der Waals surface area contributed by atoms with Crippen LogP contribution in [0.15, 0.2) is 36.4 Å². The van der Waals surface area contributed by atoms with Gasteiger partial charge in [-0.05, 0) is 36.6 Å². The van der Waals surface area contributed by atoms with Gasteiger partial charge in [-0.2, -0.15) is 0 Å². The van der Waals surface area contributed by atoms with E-state index in [4.69, 9.17) is 9.47 Å². The summed E-state index contributed by atoms with van der Waals surface area (Å²) in [6.07, 6.45) is 0.898. The minimum atomic E-state index is -0.0238. The van der Waals surface area contributed by atoms with E-state index in [-0.39, 0.29) is 12.8 Å². The molecular weight excluding hydrogens is 342 g/mol. The Morgan fingerprint density at radius 1 is 1.07 bits per heavy atom. The highest BCUT2D eigenvalue weighted by molar-refractivity contribution is 5.91. The van der Waals surface area contributed by atoms with Gasteiger partial charge in [-0.15, -0.1) is 0 Å². The molecule has 0 saturated carbocycles. The van der Waals surface area contributed by atoms with Crippen LogP contribution in [0.1, 0.15) is 18.1 Å². The number of hydrogen-bond acceptors (Lipinski definition) is 4. The maximum Gasteiger partial charge on any atom is 0.321 e. The predicted octanol–water partition coefficient (Wildman–Crippen LogP) is 3.64. The number of carbonyl (C=O) groups excluding carboxylic acids is 1. The summed E-state index contributed by atoms with van der Waals surface area (Å²) >= 11 is 0. The monoisotopic (exact) mass is 367 g/mol. The standard InChI is InChI=1S/C21H25N3O3/c1-3-16-6-4-5-15(2)20(16)22-21(25)24-11-9-23(10-12-24)17-7-8-18-19(13-17)27-14-26-18/h4-8,13H,3,9-12,14H2,1-2H3,(H,22,25). The molecule has 0 aromatic heterocycles. The first-order valence-electron chi connectivity index (χ1n) is 9.44. The average Bonchev–Trinajstić information content (AvgIpc) is 3.17. The van der Waals surface area contributed by atoms with Crippen LogP contribution in [0.25, 0.3) is 0 Å². The van der Waals surface area contributed by atoms with Crippen LogP contribution in [0.3, 0.4) is 0 Å². The lowest BCUT2D eigenvalue weighted by atomic mass is 10.1. The van der Waals surface area contributed by atoms with Crippen LogP contribution in [-0.2, 0) is 6.42 Å². The molecule has 0 bridgehead atoms. The van der Waals surface area contributed by atoms with Crippen LogP contribution in [-0.4, -0.2) is 43.9 Å². The average molecular weight is 367 g/mol. The molecule has 6 nitrogen and oxygen atoms in total. The fourth-order valence-corrected chi connectivity index (χ4v) is 3.64. The van der Waals surface area contributed by atoms with E-state index in [2.05, 4.69) is 23.2 Å². The number of urea groups is 1. The highest BCUT2D eigenvalue weighted by atomic mass is 16.7. The van der Waals surface area contributed by atoms with Crippen LogP contribution in [0, 0.1) is 6.92 Å². The molecule has 1 saturated heterocycles. The molecular formula is C21H25N3O3. The third-order valence-corrected chi connectivity index (χ3v) is 5.26. The zero-order valence-corrected chi connectivity index (χ0v) is 15.8. The summed E-state index contributed by atoms with van der Waals surface area (Å²) in [5, 5.41) is 3.12. The van der Waals surface area contributed by atoms with E-state index in [0.717, 1.165) is 47.9 Å². The van der Waals surface area contributed by atoms with Gasteiger partial charge in [0, 0.05) is 43.6 Å². The number of amides is 2. The fraction of sp³-hybridized carbons (Fsp3) is 0.381. The molecule has 1 N–H and O–H groups in total. The van der Waals surface area contributed by atoms with E-state index in [0.29, 0.717) is 13.1 Å². The summed E-state index contributed by atoms with van der Waals surface area (Å²) in [5.74, 6) is 1.58. The van der Waals surface area contributed by atoms with E-state index >= 15 is 0 Å². The summed E-state index contributed by atoms with van der Waals surface area (Å²) in [7, 11) is 0. The highest BCUT2D eigenvalue weighted by Gasteiger charge is 2.23. The number of piperazine rings is 1. The second-order valence-electron chi connectivity index (χ2n) is 6.90. The van der Waals surface area contributed by atoms with Crippen molar-refractivity contribution < 1.29 is 14.3 Å². The Bertz CT molecular complexity index is 845. The van der Waals surface area contributed by atoms with Crippen molar-refractivity contribution in [3.63, 3.8) is 0 Å². The molecule has 27 heavy (non-hydrogen) atoms. The molecule has 2 amide bonds. The normalized spacial score (nSPS) is 15.8. The lowest BCUT2D eigenvalue weighted by molar-refractivity contribution is 0.174. The molecule has 6 heteroatoms. The Kier molecular flexibility index (Phi) is 4.79. The molecule has 0 atom stereocenters. The van der Waals surface area contributed by atoms with E-state index in [1.54, 1.807) is 0 Å². The molecule has 0 radical (unpaired) electrons. The minimum absolute atomic E-state index is 0.0238. The van der Waals surface area contributed by atoms with Gasteiger partial charge in [0.15, 0.2) is 11.5 Å². The van der Waals surface area contributed by atoms with Crippen molar-refractivity contribution in [2.75, 3.05) is 43.2 Å². The van der Waals surface area contributed by atoms with Crippen LogP contribution >= 0.6 is 0 Å². The van der Waals surface area contributed by atoms with Gasteiger partial charge in [0.2, 0.25) is 6.79 Å². The minimum Gasteiger partial charge on any atom is -0.454 e. The fourth-order valence-electron chi connectivity index (χ4n) is 3.64. The molecule has 0 aliphatic carbocycles. The van der Waals surface area contributed by atoms with Crippen LogP contribution in [0.5, 0.6) is 11.5 Å². The largest absolute Gasteiger partial charge is 0.454 e. The summed E-state index contributed by atoms with van der Waals surface area (Å²) in [5.41, 5.74) is 4.32. The molecule has 2 aromatic rings. The first-order valence-corrected chi connectivity index (χ1v) is 9.44. The van der Waals surface area contributed by atoms with Gasteiger partial charge < -0.3 is 24.6 Å². The van der Waals surface area contributed by atoms with E-state index < -0.39 is 0 Å². The molecule has 2 aliphatic rings. The maximum atomic E-state index is 12.7. The second-order valence-corrected chi connectivity index (χ2v) is 6.90. The number of anilines is 2. The number of para-hydroxylation sites is 1.